The van der Waals surface area contributed by atoms with Crippen molar-refractivity contribution in [3.05, 3.63) is 87.7 Å². The van der Waals surface area contributed by atoms with Gasteiger partial charge in [0.05, 0.1) is 17.6 Å². The molecule has 0 amide bonds. The summed E-state index contributed by atoms with van der Waals surface area (Å²) in [5.41, 5.74) is 5.09. The van der Waals surface area contributed by atoms with Crippen molar-refractivity contribution in [1.82, 2.24) is 9.78 Å². The molecule has 1 N–H and O–H groups in total. The van der Waals surface area contributed by atoms with E-state index in [4.69, 9.17) is 11.6 Å². The first-order valence-electron chi connectivity index (χ1n) is 10.2. The lowest BCUT2D eigenvalue weighted by Crippen LogP contribution is -2.44. The number of nitrogens with zero attached hydrogens (tertiary/aromatic N) is 2. The number of hydrogen-bond donors (Lipinski definition) is 1. The molecule has 3 nitrogen and oxygen atoms in total. The molecular weight excluding hydrogens is 392 g/mol. The number of aromatic nitrogens is 2. The van der Waals surface area contributed by atoms with Crippen LogP contribution in [0, 0.1) is 24.2 Å². The Labute approximate surface area is 182 Å². The third-order valence-corrected chi connectivity index (χ3v) is 6.87. The second-order valence-electron chi connectivity index (χ2n) is 8.60. The smallest absolute Gasteiger partial charge is 0.135 e. The first kappa shape index (κ1) is 19.2. The molecule has 1 heterocycles. The van der Waals surface area contributed by atoms with E-state index >= 15 is 0 Å². The Morgan fingerprint density at radius 2 is 1.97 bits per heavy atom. The minimum absolute atomic E-state index is 0.424. The zero-order chi connectivity index (χ0) is 20.9. The van der Waals surface area contributed by atoms with Gasteiger partial charge in [-0.1, -0.05) is 59.7 Å². The maximum Gasteiger partial charge on any atom is 0.135 e. The lowest BCUT2D eigenvalue weighted by Gasteiger charge is -2.39. The topological polar surface area (TPSA) is 38.0 Å². The maximum atomic E-state index is 11.6. The van der Waals surface area contributed by atoms with Gasteiger partial charge < -0.3 is 5.11 Å². The summed E-state index contributed by atoms with van der Waals surface area (Å²) in [7, 11) is 0. The van der Waals surface area contributed by atoms with Crippen LogP contribution in [0.15, 0.2) is 60.3 Å². The molecule has 0 spiro atoms. The Morgan fingerprint density at radius 1 is 1.17 bits per heavy atom. The summed E-state index contributed by atoms with van der Waals surface area (Å²) in [6.45, 7) is 4.21. The molecule has 1 fully saturated rings. The number of hydrogen-bond acceptors (Lipinski definition) is 2. The van der Waals surface area contributed by atoms with Crippen molar-refractivity contribution in [1.29, 1.82) is 0 Å². The highest BCUT2D eigenvalue weighted by Gasteiger charge is 2.54. The van der Waals surface area contributed by atoms with Gasteiger partial charge in [0.1, 0.15) is 5.60 Å². The van der Waals surface area contributed by atoms with Crippen molar-refractivity contribution < 1.29 is 5.11 Å². The molecule has 1 saturated carbocycles. The van der Waals surface area contributed by atoms with E-state index < -0.39 is 11.0 Å². The van der Waals surface area contributed by atoms with Crippen molar-refractivity contribution in [2.75, 3.05) is 0 Å². The van der Waals surface area contributed by atoms with E-state index in [9.17, 15) is 5.11 Å². The third-order valence-electron chi connectivity index (χ3n) is 6.64. The molecule has 30 heavy (non-hydrogen) atoms. The summed E-state index contributed by atoms with van der Waals surface area (Å²) >= 11 is 6.08. The molecule has 0 radical (unpaired) electrons. The van der Waals surface area contributed by atoms with Crippen LogP contribution in [0.5, 0.6) is 0 Å². The Bertz CT molecular complexity index is 1230. The molecule has 2 aliphatic carbocycles. The van der Waals surface area contributed by atoms with Crippen LogP contribution in [-0.2, 0) is 6.42 Å². The first-order valence-corrected chi connectivity index (χ1v) is 10.6. The highest BCUT2D eigenvalue weighted by Crippen LogP contribution is 2.55. The normalized spacial score (nSPS) is 24.5. The van der Waals surface area contributed by atoms with Crippen molar-refractivity contribution in [2.24, 2.45) is 5.41 Å². The molecule has 0 saturated heterocycles. The van der Waals surface area contributed by atoms with Crippen LogP contribution in [-0.4, -0.2) is 20.5 Å². The number of fused-ring (bicyclic) bond motifs is 2. The number of benzene rings is 2. The van der Waals surface area contributed by atoms with Crippen LogP contribution < -0.4 is 0 Å². The average Bonchev–Trinajstić information content (AvgIpc) is 3.24. The number of rotatable bonds is 1. The minimum atomic E-state index is -1.08. The van der Waals surface area contributed by atoms with Crippen LogP contribution >= 0.6 is 11.6 Å². The van der Waals surface area contributed by atoms with Gasteiger partial charge in [-0.15, -0.1) is 0 Å². The van der Waals surface area contributed by atoms with Gasteiger partial charge in [0, 0.05) is 16.0 Å². The average molecular weight is 415 g/mol. The maximum absolute atomic E-state index is 11.6. The third kappa shape index (κ3) is 2.99. The molecule has 3 aromatic rings. The number of aliphatic hydroxyl groups is 1. The Balaban J connectivity index is 1.52. The van der Waals surface area contributed by atoms with Gasteiger partial charge in [-0.2, -0.15) is 5.10 Å². The molecule has 150 valence electrons. The molecule has 4 heteroatoms. The van der Waals surface area contributed by atoms with E-state index in [2.05, 4.69) is 61.1 Å². The molecule has 1 aromatic heterocycles. The summed E-state index contributed by atoms with van der Waals surface area (Å²) in [5, 5.41) is 16.9. The van der Waals surface area contributed by atoms with Crippen LogP contribution in [0.3, 0.4) is 0 Å². The van der Waals surface area contributed by atoms with Crippen LogP contribution in [0.4, 0.5) is 0 Å². The van der Waals surface area contributed by atoms with E-state index in [0.29, 0.717) is 11.4 Å². The standard InChI is InChI=1S/C26H23ClN2O/c1-18-6-8-23(9-7-18)29-24-15-21-11-13-26(30,25(21,2)16-20(24)17-28-29)12-10-19-4-3-5-22(27)14-19/h3-9,14-15,17,30H,11,13,16H2,1-2H3/t25-,26-/m0/s1. The second kappa shape index (κ2) is 6.87. The van der Waals surface area contributed by atoms with Crippen molar-refractivity contribution in [3.8, 4) is 17.5 Å². The SMILES string of the molecule is Cc1ccc(-n2ncc3c2C=C2CC[C@@](O)(C#Cc4cccc(Cl)c4)[C@@]2(C)C3)cc1. The largest absolute Gasteiger partial charge is 0.377 e. The monoisotopic (exact) mass is 414 g/mol. The van der Waals surface area contributed by atoms with Crippen molar-refractivity contribution in [2.45, 2.75) is 38.7 Å². The van der Waals surface area contributed by atoms with Gasteiger partial charge in [0.15, 0.2) is 0 Å². The second-order valence-corrected chi connectivity index (χ2v) is 9.04. The Kier molecular flexibility index (Phi) is 4.39. The summed E-state index contributed by atoms with van der Waals surface area (Å²) in [4.78, 5) is 0. The van der Waals surface area contributed by atoms with Gasteiger partial charge >= 0.3 is 0 Å². The molecule has 0 unspecified atom stereocenters. The highest BCUT2D eigenvalue weighted by molar-refractivity contribution is 6.30. The predicted molar refractivity (Wildman–Crippen MR) is 121 cm³/mol. The zero-order valence-corrected chi connectivity index (χ0v) is 17.9. The van der Waals surface area contributed by atoms with Gasteiger partial charge in [-0.3, -0.25) is 0 Å². The molecule has 0 aliphatic heterocycles. The molecule has 2 atom stereocenters. The van der Waals surface area contributed by atoms with E-state index in [-0.39, 0.29) is 0 Å². The van der Waals surface area contributed by atoms with Crippen molar-refractivity contribution in [3.63, 3.8) is 0 Å². The van der Waals surface area contributed by atoms with Gasteiger partial charge in [0.25, 0.3) is 0 Å². The molecular formula is C26H23ClN2O. The summed E-state index contributed by atoms with van der Waals surface area (Å²) in [6, 6.07) is 15.8. The van der Waals surface area contributed by atoms with E-state index in [0.717, 1.165) is 35.3 Å². The highest BCUT2D eigenvalue weighted by atomic mass is 35.5. The van der Waals surface area contributed by atoms with Gasteiger partial charge in [-0.25, -0.2) is 4.68 Å². The predicted octanol–water partition coefficient (Wildman–Crippen LogP) is 5.36. The first-order chi connectivity index (χ1) is 14.4. The zero-order valence-electron chi connectivity index (χ0n) is 17.1. The lowest BCUT2D eigenvalue weighted by atomic mass is 9.67. The van der Waals surface area contributed by atoms with Gasteiger partial charge in [0.2, 0.25) is 0 Å². The number of halogens is 1. The minimum Gasteiger partial charge on any atom is -0.377 e. The molecule has 2 aromatic carbocycles. The Morgan fingerprint density at radius 3 is 2.73 bits per heavy atom. The van der Waals surface area contributed by atoms with Crippen LogP contribution in [0.25, 0.3) is 11.8 Å². The molecule has 5 rings (SSSR count). The van der Waals surface area contributed by atoms with Crippen molar-refractivity contribution >= 4 is 17.7 Å². The summed E-state index contributed by atoms with van der Waals surface area (Å²) in [5.74, 6) is 6.35. The lowest BCUT2D eigenvalue weighted by molar-refractivity contribution is 0.0153. The molecule has 2 aliphatic rings. The summed E-state index contributed by atoms with van der Waals surface area (Å²) in [6.07, 6.45) is 6.32. The summed E-state index contributed by atoms with van der Waals surface area (Å²) < 4.78 is 2.00. The van der Waals surface area contributed by atoms with E-state index in [1.54, 1.807) is 0 Å². The van der Waals surface area contributed by atoms with E-state index in [1.807, 2.05) is 35.1 Å². The fourth-order valence-corrected chi connectivity index (χ4v) is 4.88. The van der Waals surface area contributed by atoms with E-state index in [1.165, 1.54) is 11.1 Å². The number of aryl methyl sites for hydroxylation is 1. The Hall–Kier alpha value is -2.80. The van der Waals surface area contributed by atoms with Gasteiger partial charge in [-0.05, 0) is 68.2 Å². The fraction of sp³-hybridized carbons (Fsp3) is 0.269. The quantitative estimate of drug-likeness (QED) is 0.544. The fourth-order valence-electron chi connectivity index (χ4n) is 4.69. The van der Waals surface area contributed by atoms with Crippen LogP contribution in [0.1, 0.15) is 42.1 Å². The van der Waals surface area contributed by atoms with Crippen LogP contribution in [0.2, 0.25) is 5.02 Å². The molecule has 0 bridgehead atoms.